The van der Waals surface area contributed by atoms with Crippen LogP contribution in [0.15, 0.2) is 0 Å². The minimum Gasteiger partial charge on any atom is -0.481 e. The number of aliphatic carboxylic acids is 1. The summed E-state index contributed by atoms with van der Waals surface area (Å²) in [5.41, 5.74) is 0.224. The Morgan fingerprint density at radius 3 is 2.47 bits per heavy atom. The van der Waals surface area contributed by atoms with Crippen molar-refractivity contribution >= 4 is 5.97 Å². The Hall–Kier alpha value is -0.610. The minimum absolute atomic E-state index is 0.105. The molecule has 2 N–H and O–H groups in total. The van der Waals surface area contributed by atoms with Crippen molar-refractivity contribution < 1.29 is 9.90 Å². The summed E-state index contributed by atoms with van der Waals surface area (Å²) in [4.78, 5) is 13.4. The van der Waals surface area contributed by atoms with Gasteiger partial charge in [0.1, 0.15) is 0 Å². The predicted molar refractivity (Wildman–Crippen MR) is 67.0 cm³/mol. The maximum Gasteiger partial charge on any atom is 0.305 e. The lowest BCUT2D eigenvalue weighted by molar-refractivity contribution is -0.141. The van der Waals surface area contributed by atoms with Gasteiger partial charge in [-0.3, -0.25) is 9.69 Å². The van der Waals surface area contributed by atoms with E-state index in [-0.39, 0.29) is 12.0 Å². The second-order valence-electron chi connectivity index (χ2n) is 6.70. The van der Waals surface area contributed by atoms with Crippen molar-refractivity contribution in [3.05, 3.63) is 0 Å². The average molecular weight is 240 g/mol. The number of rotatable bonds is 3. The minimum atomic E-state index is -0.675. The van der Waals surface area contributed by atoms with E-state index in [0.717, 1.165) is 26.2 Å². The molecule has 2 fully saturated rings. The quantitative estimate of drug-likeness (QED) is 0.777. The Balaban J connectivity index is 2.01. The van der Waals surface area contributed by atoms with Crippen molar-refractivity contribution in [2.45, 2.75) is 39.2 Å². The van der Waals surface area contributed by atoms with Crippen LogP contribution in [0.4, 0.5) is 0 Å². The van der Waals surface area contributed by atoms with Crippen LogP contribution in [-0.4, -0.2) is 47.7 Å². The summed E-state index contributed by atoms with van der Waals surface area (Å²) in [7, 11) is 0. The largest absolute Gasteiger partial charge is 0.481 e. The number of nitrogens with one attached hydrogen (secondary N) is 1. The van der Waals surface area contributed by atoms with E-state index in [2.05, 4.69) is 31.0 Å². The Labute approximate surface area is 103 Å². The molecule has 0 amide bonds. The predicted octanol–water partition coefficient (Wildman–Crippen LogP) is 1.17. The Kier molecular flexibility index (Phi) is 3.21. The van der Waals surface area contributed by atoms with Crippen LogP contribution in [0.5, 0.6) is 0 Å². The molecule has 1 unspecified atom stereocenters. The lowest BCUT2D eigenvalue weighted by Gasteiger charge is -2.49. The number of hydrogen-bond donors (Lipinski definition) is 2. The highest BCUT2D eigenvalue weighted by atomic mass is 16.4. The van der Waals surface area contributed by atoms with Gasteiger partial charge in [0.15, 0.2) is 0 Å². The zero-order valence-electron chi connectivity index (χ0n) is 11.1. The van der Waals surface area contributed by atoms with Gasteiger partial charge in [-0.1, -0.05) is 20.8 Å². The monoisotopic (exact) mass is 240 g/mol. The molecule has 2 aliphatic heterocycles. The first kappa shape index (κ1) is 12.8. The average Bonchev–Trinajstić information content (AvgIpc) is 2.58. The summed E-state index contributed by atoms with van der Waals surface area (Å²) in [6.07, 6.45) is 1.47. The molecule has 0 radical (unpaired) electrons. The van der Waals surface area contributed by atoms with Gasteiger partial charge in [0.2, 0.25) is 0 Å². The first-order valence-electron chi connectivity index (χ1n) is 6.51. The number of carbonyl (C=O) groups is 1. The van der Waals surface area contributed by atoms with Gasteiger partial charge in [-0.15, -0.1) is 0 Å². The highest BCUT2D eigenvalue weighted by molar-refractivity contribution is 5.68. The molecule has 4 nitrogen and oxygen atoms in total. The maximum absolute atomic E-state index is 11.0. The van der Waals surface area contributed by atoms with E-state index in [0.29, 0.717) is 11.3 Å². The van der Waals surface area contributed by atoms with E-state index in [9.17, 15) is 4.79 Å². The molecule has 0 aromatic rings. The van der Waals surface area contributed by atoms with Crippen LogP contribution < -0.4 is 5.32 Å². The van der Waals surface area contributed by atoms with Crippen LogP contribution in [0.2, 0.25) is 0 Å². The molecule has 0 spiro atoms. The van der Waals surface area contributed by atoms with Crippen molar-refractivity contribution in [2.75, 3.05) is 26.2 Å². The normalized spacial score (nSPS) is 29.0. The van der Waals surface area contributed by atoms with Gasteiger partial charge in [0.05, 0.1) is 12.0 Å². The van der Waals surface area contributed by atoms with Gasteiger partial charge in [0, 0.05) is 19.6 Å². The van der Waals surface area contributed by atoms with Crippen molar-refractivity contribution in [1.29, 1.82) is 0 Å². The summed E-state index contributed by atoms with van der Waals surface area (Å²) >= 11 is 0. The summed E-state index contributed by atoms with van der Waals surface area (Å²) in [5, 5.41) is 12.3. The summed E-state index contributed by atoms with van der Waals surface area (Å²) < 4.78 is 0. The van der Waals surface area contributed by atoms with Crippen molar-refractivity contribution in [1.82, 2.24) is 10.2 Å². The van der Waals surface area contributed by atoms with Crippen molar-refractivity contribution in [3.8, 4) is 0 Å². The third-order valence-electron chi connectivity index (χ3n) is 4.47. The molecule has 0 aromatic carbocycles. The highest BCUT2D eigenvalue weighted by Crippen LogP contribution is 2.38. The molecule has 2 saturated heterocycles. The third-order valence-corrected chi connectivity index (χ3v) is 4.47. The summed E-state index contributed by atoms with van der Waals surface area (Å²) in [6.45, 7) is 10.6. The van der Waals surface area contributed by atoms with E-state index in [4.69, 9.17) is 5.11 Å². The smallest absolute Gasteiger partial charge is 0.305 e. The standard InChI is InChI=1S/C13H24N2O2/c1-12(2,3)10-4-5-15(7-10)13(6-11(16)17)8-14-9-13/h10,14H,4-9H2,1-3H3,(H,16,17). The molecule has 2 aliphatic rings. The van der Waals surface area contributed by atoms with Crippen molar-refractivity contribution in [3.63, 3.8) is 0 Å². The van der Waals surface area contributed by atoms with E-state index < -0.39 is 5.97 Å². The lowest BCUT2D eigenvalue weighted by atomic mass is 9.80. The molecule has 0 aromatic heterocycles. The molecular weight excluding hydrogens is 216 g/mol. The molecular formula is C13H24N2O2. The first-order valence-corrected chi connectivity index (χ1v) is 6.51. The third kappa shape index (κ3) is 2.47. The van der Waals surface area contributed by atoms with Gasteiger partial charge in [0.25, 0.3) is 0 Å². The number of hydrogen-bond acceptors (Lipinski definition) is 3. The number of likely N-dealkylation sites (tertiary alicyclic amines) is 1. The van der Waals surface area contributed by atoms with Gasteiger partial charge in [-0.2, -0.15) is 0 Å². The topological polar surface area (TPSA) is 52.6 Å². The Morgan fingerprint density at radius 1 is 1.47 bits per heavy atom. The molecule has 17 heavy (non-hydrogen) atoms. The van der Waals surface area contributed by atoms with Crippen LogP contribution in [0.3, 0.4) is 0 Å². The zero-order valence-corrected chi connectivity index (χ0v) is 11.1. The highest BCUT2D eigenvalue weighted by Gasteiger charge is 2.47. The molecule has 0 saturated carbocycles. The SMILES string of the molecule is CC(C)(C)C1CCN(C2(CC(=O)O)CNC2)C1. The van der Waals surface area contributed by atoms with Crippen LogP contribution in [0.1, 0.15) is 33.6 Å². The van der Waals surface area contributed by atoms with E-state index in [1.165, 1.54) is 6.42 Å². The van der Waals surface area contributed by atoms with Crippen LogP contribution in [0.25, 0.3) is 0 Å². The second-order valence-corrected chi connectivity index (χ2v) is 6.70. The number of nitrogens with zero attached hydrogens (tertiary/aromatic N) is 1. The van der Waals surface area contributed by atoms with Crippen LogP contribution in [0, 0.1) is 11.3 Å². The fourth-order valence-electron chi connectivity index (χ4n) is 3.05. The molecule has 2 heterocycles. The molecule has 2 rings (SSSR count). The summed E-state index contributed by atoms with van der Waals surface area (Å²) in [5.74, 6) is 0.0134. The van der Waals surface area contributed by atoms with Gasteiger partial charge in [-0.25, -0.2) is 0 Å². The molecule has 1 atom stereocenters. The fraction of sp³-hybridized carbons (Fsp3) is 0.923. The second kappa shape index (κ2) is 4.25. The van der Waals surface area contributed by atoms with Crippen LogP contribution in [-0.2, 0) is 4.79 Å². The lowest BCUT2D eigenvalue weighted by Crippen LogP contribution is -2.69. The van der Waals surface area contributed by atoms with Gasteiger partial charge < -0.3 is 10.4 Å². The van der Waals surface area contributed by atoms with Gasteiger partial charge >= 0.3 is 5.97 Å². The summed E-state index contributed by atoms with van der Waals surface area (Å²) in [6, 6.07) is 0. The molecule has 0 bridgehead atoms. The fourth-order valence-corrected chi connectivity index (χ4v) is 3.05. The van der Waals surface area contributed by atoms with E-state index in [1.807, 2.05) is 0 Å². The van der Waals surface area contributed by atoms with E-state index >= 15 is 0 Å². The Bertz CT molecular complexity index is 305. The van der Waals surface area contributed by atoms with Gasteiger partial charge in [-0.05, 0) is 24.3 Å². The zero-order chi connectivity index (χ0) is 12.7. The molecule has 0 aliphatic carbocycles. The first-order chi connectivity index (χ1) is 7.83. The van der Waals surface area contributed by atoms with Crippen LogP contribution >= 0.6 is 0 Å². The molecule has 98 valence electrons. The Morgan fingerprint density at radius 2 is 2.12 bits per heavy atom. The number of carboxylic acid groups (broad SMARTS) is 1. The number of carboxylic acids is 1. The van der Waals surface area contributed by atoms with Crippen molar-refractivity contribution in [2.24, 2.45) is 11.3 Å². The van der Waals surface area contributed by atoms with E-state index in [1.54, 1.807) is 0 Å². The molecule has 4 heteroatoms. The maximum atomic E-state index is 11.0.